The number of ether oxygens (including phenoxy) is 1. The molecule has 1 aromatic carbocycles. The number of carbonyl (C=O) groups is 3. The van der Waals surface area contributed by atoms with Crippen molar-refractivity contribution in [2.24, 2.45) is 0 Å². The standard InChI is InChI=1S/C16H22N4O5/c1-10(15(22)23)17-16(24)20-8-4-7-13(20)14(21)19-18-11-5-3-6-12(9-11)25-2/h3,5-6,9-10,13,18H,4,7-8H2,1-2H3,(H,17,24)(H,19,21)(H,22,23)/t10-,13?/m0/s1. The number of anilines is 1. The van der Waals surface area contributed by atoms with E-state index in [1.165, 1.54) is 11.8 Å². The second kappa shape index (κ2) is 8.22. The molecule has 0 aromatic heterocycles. The van der Waals surface area contributed by atoms with Crippen molar-refractivity contribution in [2.75, 3.05) is 19.1 Å². The number of likely N-dealkylation sites (tertiary alicyclic amines) is 1. The zero-order valence-electron chi connectivity index (χ0n) is 14.1. The molecule has 4 N–H and O–H groups in total. The number of methoxy groups -OCH3 is 1. The minimum absolute atomic E-state index is 0.363. The molecule has 0 saturated carbocycles. The number of nitrogens with zero attached hydrogens (tertiary/aromatic N) is 1. The first kappa shape index (κ1) is 18.4. The molecule has 9 heteroatoms. The SMILES string of the molecule is COc1cccc(NNC(=O)C2CCCN2C(=O)N[C@@H](C)C(=O)O)c1. The largest absolute Gasteiger partial charge is 0.497 e. The molecule has 3 amide bonds. The number of urea groups is 1. The number of amides is 3. The Morgan fingerprint density at radius 3 is 2.80 bits per heavy atom. The van der Waals surface area contributed by atoms with Gasteiger partial charge in [-0.1, -0.05) is 6.07 Å². The molecule has 1 heterocycles. The number of rotatable bonds is 6. The molecule has 0 radical (unpaired) electrons. The van der Waals surface area contributed by atoms with Gasteiger partial charge in [0.2, 0.25) is 0 Å². The fraction of sp³-hybridized carbons (Fsp3) is 0.438. The Morgan fingerprint density at radius 1 is 1.36 bits per heavy atom. The highest BCUT2D eigenvalue weighted by Crippen LogP contribution is 2.19. The van der Waals surface area contributed by atoms with Crippen LogP contribution < -0.4 is 20.9 Å². The Bertz CT molecular complexity index is 651. The van der Waals surface area contributed by atoms with Gasteiger partial charge in [-0.05, 0) is 31.9 Å². The number of hydrogen-bond donors (Lipinski definition) is 4. The van der Waals surface area contributed by atoms with Crippen molar-refractivity contribution in [3.63, 3.8) is 0 Å². The van der Waals surface area contributed by atoms with Crippen LogP contribution in [0.3, 0.4) is 0 Å². The van der Waals surface area contributed by atoms with Crippen LogP contribution in [-0.4, -0.2) is 53.7 Å². The van der Waals surface area contributed by atoms with Gasteiger partial charge in [0.25, 0.3) is 5.91 Å². The Labute approximate surface area is 145 Å². The molecule has 1 saturated heterocycles. The van der Waals surface area contributed by atoms with E-state index in [1.807, 2.05) is 0 Å². The lowest BCUT2D eigenvalue weighted by molar-refractivity contribution is -0.138. The molecule has 9 nitrogen and oxygen atoms in total. The van der Waals surface area contributed by atoms with Crippen LogP contribution in [0.2, 0.25) is 0 Å². The van der Waals surface area contributed by atoms with Crippen LogP contribution in [0.1, 0.15) is 19.8 Å². The summed E-state index contributed by atoms with van der Waals surface area (Å²) in [6.07, 6.45) is 1.19. The average molecular weight is 350 g/mol. The van der Waals surface area contributed by atoms with Gasteiger partial charge in [-0.3, -0.25) is 20.4 Å². The molecule has 0 bridgehead atoms. The van der Waals surface area contributed by atoms with Gasteiger partial charge in [0.1, 0.15) is 17.8 Å². The number of hydrazine groups is 1. The molecule has 1 aromatic rings. The molecule has 1 aliphatic heterocycles. The zero-order valence-corrected chi connectivity index (χ0v) is 14.1. The summed E-state index contributed by atoms with van der Waals surface area (Å²) in [5, 5.41) is 11.2. The second-order valence-electron chi connectivity index (χ2n) is 5.71. The lowest BCUT2D eigenvalue weighted by Crippen LogP contribution is -2.53. The van der Waals surface area contributed by atoms with Crippen LogP contribution in [0.4, 0.5) is 10.5 Å². The maximum atomic E-state index is 12.4. The summed E-state index contributed by atoms with van der Waals surface area (Å²) in [4.78, 5) is 36.7. The number of nitrogens with one attached hydrogen (secondary N) is 3. The number of carboxylic acid groups (broad SMARTS) is 1. The lowest BCUT2D eigenvalue weighted by Gasteiger charge is -2.25. The van der Waals surface area contributed by atoms with Gasteiger partial charge < -0.3 is 20.1 Å². The van der Waals surface area contributed by atoms with E-state index < -0.39 is 24.1 Å². The molecule has 1 unspecified atom stereocenters. The lowest BCUT2D eigenvalue weighted by atomic mass is 10.2. The first-order valence-electron chi connectivity index (χ1n) is 7.92. The van der Waals surface area contributed by atoms with Crippen molar-refractivity contribution in [2.45, 2.75) is 31.8 Å². The molecule has 2 rings (SSSR count). The number of carboxylic acids is 1. The Kier molecular flexibility index (Phi) is 6.04. The maximum absolute atomic E-state index is 12.4. The molecule has 136 valence electrons. The topological polar surface area (TPSA) is 120 Å². The normalized spacial score (nSPS) is 17.5. The first-order chi connectivity index (χ1) is 11.9. The number of aliphatic carboxylic acids is 1. The van der Waals surface area contributed by atoms with Gasteiger partial charge in [-0.25, -0.2) is 4.79 Å². The van der Waals surface area contributed by atoms with E-state index in [0.29, 0.717) is 30.8 Å². The fourth-order valence-corrected chi connectivity index (χ4v) is 2.53. The molecule has 1 aliphatic rings. The Morgan fingerprint density at radius 2 is 2.12 bits per heavy atom. The second-order valence-corrected chi connectivity index (χ2v) is 5.71. The van der Waals surface area contributed by atoms with E-state index in [1.54, 1.807) is 31.4 Å². The van der Waals surface area contributed by atoms with Crippen molar-refractivity contribution >= 4 is 23.6 Å². The van der Waals surface area contributed by atoms with E-state index in [-0.39, 0.29) is 5.91 Å². The predicted octanol–water partition coefficient (Wildman–Crippen LogP) is 0.785. The molecular formula is C16H22N4O5. The molecule has 0 spiro atoms. The number of benzene rings is 1. The predicted molar refractivity (Wildman–Crippen MR) is 90.1 cm³/mol. The minimum atomic E-state index is -1.13. The van der Waals surface area contributed by atoms with Gasteiger partial charge in [0.05, 0.1) is 12.8 Å². The molecule has 25 heavy (non-hydrogen) atoms. The number of carbonyl (C=O) groups excluding carboxylic acids is 2. The Hall–Kier alpha value is -2.97. The summed E-state index contributed by atoms with van der Waals surface area (Å²) in [6, 6.07) is 4.79. The zero-order chi connectivity index (χ0) is 18.4. The van der Waals surface area contributed by atoms with Crippen LogP contribution in [0.5, 0.6) is 5.75 Å². The highest BCUT2D eigenvalue weighted by atomic mass is 16.5. The van der Waals surface area contributed by atoms with E-state index >= 15 is 0 Å². The van der Waals surface area contributed by atoms with Gasteiger partial charge >= 0.3 is 12.0 Å². The van der Waals surface area contributed by atoms with E-state index in [9.17, 15) is 14.4 Å². The summed E-state index contributed by atoms with van der Waals surface area (Å²) in [7, 11) is 1.55. The van der Waals surface area contributed by atoms with Crippen molar-refractivity contribution in [3.8, 4) is 5.75 Å². The van der Waals surface area contributed by atoms with Gasteiger partial charge in [-0.15, -0.1) is 0 Å². The van der Waals surface area contributed by atoms with Crippen molar-refractivity contribution in [1.29, 1.82) is 0 Å². The summed E-state index contributed by atoms with van der Waals surface area (Å²) >= 11 is 0. The fourth-order valence-electron chi connectivity index (χ4n) is 2.53. The first-order valence-corrected chi connectivity index (χ1v) is 7.92. The van der Waals surface area contributed by atoms with Crippen LogP contribution in [0.15, 0.2) is 24.3 Å². The average Bonchev–Trinajstić information content (AvgIpc) is 3.09. The van der Waals surface area contributed by atoms with Gasteiger partial charge in [0, 0.05) is 12.6 Å². The summed E-state index contributed by atoms with van der Waals surface area (Å²) in [5.41, 5.74) is 5.99. The maximum Gasteiger partial charge on any atom is 0.325 e. The quantitative estimate of drug-likeness (QED) is 0.563. The highest BCUT2D eigenvalue weighted by Gasteiger charge is 2.35. The molecule has 0 aliphatic carbocycles. The van der Waals surface area contributed by atoms with Gasteiger partial charge in [0.15, 0.2) is 0 Å². The van der Waals surface area contributed by atoms with Crippen LogP contribution in [0.25, 0.3) is 0 Å². The van der Waals surface area contributed by atoms with E-state index in [0.717, 1.165) is 0 Å². The van der Waals surface area contributed by atoms with E-state index in [2.05, 4.69) is 16.2 Å². The minimum Gasteiger partial charge on any atom is -0.497 e. The van der Waals surface area contributed by atoms with Crippen molar-refractivity contribution in [3.05, 3.63) is 24.3 Å². The smallest absolute Gasteiger partial charge is 0.325 e. The van der Waals surface area contributed by atoms with Crippen LogP contribution in [-0.2, 0) is 9.59 Å². The van der Waals surface area contributed by atoms with Crippen molar-refractivity contribution in [1.82, 2.24) is 15.6 Å². The summed E-state index contributed by atoms with van der Waals surface area (Å²) in [6.45, 7) is 1.77. The van der Waals surface area contributed by atoms with Crippen LogP contribution >= 0.6 is 0 Å². The third-order valence-electron chi connectivity index (χ3n) is 3.93. The monoisotopic (exact) mass is 350 g/mol. The molecular weight excluding hydrogens is 328 g/mol. The summed E-state index contributed by atoms with van der Waals surface area (Å²) < 4.78 is 5.10. The van der Waals surface area contributed by atoms with Crippen LogP contribution in [0, 0.1) is 0 Å². The highest BCUT2D eigenvalue weighted by molar-refractivity contribution is 5.89. The third kappa shape index (κ3) is 4.75. The van der Waals surface area contributed by atoms with Gasteiger partial charge in [-0.2, -0.15) is 0 Å². The Balaban J connectivity index is 1.93. The molecule has 1 fully saturated rings. The van der Waals surface area contributed by atoms with E-state index in [4.69, 9.17) is 9.84 Å². The van der Waals surface area contributed by atoms with Crippen molar-refractivity contribution < 1.29 is 24.2 Å². The summed E-state index contributed by atoms with van der Waals surface area (Å²) in [5.74, 6) is -0.851. The molecule has 2 atom stereocenters. The third-order valence-corrected chi connectivity index (χ3v) is 3.93. The number of hydrogen-bond acceptors (Lipinski definition) is 5.